The first-order chi connectivity index (χ1) is 13.9. The molecule has 3 amide bonds. The van der Waals surface area contributed by atoms with Crippen LogP contribution in [0.5, 0.6) is 0 Å². The van der Waals surface area contributed by atoms with Gasteiger partial charge in [-0.2, -0.15) is 0 Å². The molecule has 0 aromatic heterocycles. The number of nitrogens with zero attached hydrogens (tertiary/aromatic N) is 2. The molecule has 7 nitrogen and oxygen atoms in total. The number of esters is 1. The lowest BCUT2D eigenvalue weighted by Gasteiger charge is -2.34. The van der Waals surface area contributed by atoms with Gasteiger partial charge in [-0.25, -0.2) is 14.0 Å². The highest BCUT2D eigenvalue weighted by atomic mass is 79.9. The van der Waals surface area contributed by atoms with Gasteiger partial charge >= 0.3 is 12.0 Å². The minimum Gasteiger partial charge on any atom is -0.452 e. The standard InChI is InChI=1S/C20H19BrFN3O4/c21-14-6-7-17(22)16(12-14)19(27)29-13-18(26)24-8-10-25(11-9-24)20(28)23-15-4-2-1-3-5-15/h1-7,12H,8-11,13H2,(H,23,28). The van der Waals surface area contributed by atoms with E-state index in [4.69, 9.17) is 4.74 Å². The van der Waals surface area contributed by atoms with Crippen LogP contribution in [0.15, 0.2) is 53.0 Å². The molecular weight excluding hydrogens is 445 g/mol. The molecule has 0 bridgehead atoms. The van der Waals surface area contributed by atoms with Crippen molar-refractivity contribution in [3.05, 3.63) is 64.4 Å². The van der Waals surface area contributed by atoms with Crippen LogP contribution in [0, 0.1) is 5.82 Å². The lowest BCUT2D eigenvalue weighted by Crippen LogP contribution is -2.52. The number of amides is 3. The Labute approximate surface area is 175 Å². The van der Waals surface area contributed by atoms with Crippen LogP contribution in [0.2, 0.25) is 0 Å². The van der Waals surface area contributed by atoms with E-state index in [9.17, 15) is 18.8 Å². The van der Waals surface area contributed by atoms with Crippen molar-refractivity contribution in [3.63, 3.8) is 0 Å². The van der Waals surface area contributed by atoms with Gasteiger partial charge in [0.2, 0.25) is 0 Å². The highest BCUT2D eigenvalue weighted by molar-refractivity contribution is 9.10. The molecule has 0 saturated carbocycles. The summed E-state index contributed by atoms with van der Waals surface area (Å²) in [5, 5.41) is 2.80. The maximum absolute atomic E-state index is 13.7. The average molecular weight is 464 g/mol. The highest BCUT2D eigenvalue weighted by Crippen LogP contribution is 2.16. The van der Waals surface area contributed by atoms with Crippen LogP contribution >= 0.6 is 15.9 Å². The van der Waals surface area contributed by atoms with Crippen LogP contribution in [-0.4, -0.2) is 60.5 Å². The summed E-state index contributed by atoms with van der Waals surface area (Å²) in [6, 6.07) is 12.8. The fourth-order valence-electron chi connectivity index (χ4n) is 2.83. The fourth-order valence-corrected chi connectivity index (χ4v) is 3.19. The van der Waals surface area contributed by atoms with E-state index in [1.165, 1.54) is 17.0 Å². The first kappa shape index (κ1) is 20.8. The van der Waals surface area contributed by atoms with Crippen molar-refractivity contribution in [2.45, 2.75) is 0 Å². The third-order valence-electron chi connectivity index (χ3n) is 4.42. The number of para-hydroxylation sites is 1. The minimum absolute atomic E-state index is 0.236. The summed E-state index contributed by atoms with van der Waals surface area (Å²) in [5.74, 6) is -2.02. The molecule has 9 heteroatoms. The summed E-state index contributed by atoms with van der Waals surface area (Å²) < 4.78 is 19.2. The Hall–Kier alpha value is -2.94. The van der Waals surface area contributed by atoms with E-state index in [1.807, 2.05) is 18.2 Å². The molecule has 3 rings (SSSR count). The second-order valence-corrected chi connectivity index (χ2v) is 7.28. The number of carbonyl (C=O) groups excluding carboxylic acids is 3. The molecule has 29 heavy (non-hydrogen) atoms. The zero-order valence-electron chi connectivity index (χ0n) is 15.4. The molecule has 1 N–H and O–H groups in total. The van der Waals surface area contributed by atoms with Gasteiger partial charge in [-0.1, -0.05) is 34.1 Å². The number of piperazine rings is 1. The van der Waals surface area contributed by atoms with Gasteiger partial charge in [0.1, 0.15) is 5.82 Å². The van der Waals surface area contributed by atoms with Crippen molar-refractivity contribution in [1.82, 2.24) is 9.80 Å². The number of anilines is 1. The van der Waals surface area contributed by atoms with E-state index in [2.05, 4.69) is 21.2 Å². The maximum Gasteiger partial charge on any atom is 0.341 e. The largest absolute Gasteiger partial charge is 0.452 e. The van der Waals surface area contributed by atoms with Crippen molar-refractivity contribution in [2.24, 2.45) is 0 Å². The topological polar surface area (TPSA) is 79.0 Å². The minimum atomic E-state index is -0.905. The monoisotopic (exact) mass is 463 g/mol. The molecule has 0 unspecified atom stereocenters. The molecule has 1 fully saturated rings. The maximum atomic E-state index is 13.7. The molecule has 0 atom stereocenters. The van der Waals surface area contributed by atoms with Crippen LogP contribution in [0.3, 0.4) is 0 Å². The van der Waals surface area contributed by atoms with Gasteiger partial charge < -0.3 is 19.9 Å². The van der Waals surface area contributed by atoms with Crippen LogP contribution in [-0.2, 0) is 9.53 Å². The normalized spacial score (nSPS) is 13.7. The third kappa shape index (κ3) is 5.54. The number of urea groups is 1. The predicted octanol–water partition coefficient (Wildman–Crippen LogP) is 3.12. The first-order valence-electron chi connectivity index (χ1n) is 8.95. The summed E-state index contributed by atoms with van der Waals surface area (Å²) in [4.78, 5) is 39.7. The summed E-state index contributed by atoms with van der Waals surface area (Å²) in [6.45, 7) is 0.881. The van der Waals surface area contributed by atoms with Gasteiger partial charge in [0.25, 0.3) is 5.91 Å². The zero-order valence-corrected chi connectivity index (χ0v) is 17.0. The second-order valence-electron chi connectivity index (χ2n) is 6.36. The number of ether oxygens (including phenoxy) is 1. The first-order valence-corrected chi connectivity index (χ1v) is 9.74. The number of halogens is 2. The number of hydrogen-bond donors (Lipinski definition) is 1. The molecule has 1 aliphatic rings. The van der Waals surface area contributed by atoms with Gasteiger partial charge in [0.15, 0.2) is 6.61 Å². The van der Waals surface area contributed by atoms with Gasteiger partial charge in [-0.3, -0.25) is 4.79 Å². The highest BCUT2D eigenvalue weighted by Gasteiger charge is 2.25. The predicted molar refractivity (Wildman–Crippen MR) is 108 cm³/mol. The molecule has 0 spiro atoms. The van der Waals surface area contributed by atoms with E-state index in [0.29, 0.717) is 36.3 Å². The number of nitrogens with one attached hydrogen (secondary N) is 1. The van der Waals surface area contributed by atoms with Crippen LogP contribution in [0.1, 0.15) is 10.4 Å². The average Bonchev–Trinajstić information content (AvgIpc) is 2.74. The zero-order chi connectivity index (χ0) is 20.8. The van der Waals surface area contributed by atoms with Crippen LogP contribution < -0.4 is 5.32 Å². The van der Waals surface area contributed by atoms with E-state index >= 15 is 0 Å². The molecule has 1 heterocycles. The van der Waals surface area contributed by atoms with Crippen molar-refractivity contribution in [1.29, 1.82) is 0 Å². The molecule has 1 saturated heterocycles. The van der Waals surface area contributed by atoms with E-state index < -0.39 is 24.3 Å². The third-order valence-corrected chi connectivity index (χ3v) is 4.91. The molecule has 0 radical (unpaired) electrons. The van der Waals surface area contributed by atoms with Crippen molar-refractivity contribution < 1.29 is 23.5 Å². The molecule has 152 valence electrons. The van der Waals surface area contributed by atoms with Crippen molar-refractivity contribution in [2.75, 3.05) is 38.1 Å². The summed E-state index contributed by atoms with van der Waals surface area (Å²) >= 11 is 3.16. The van der Waals surface area contributed by atoms with Gasteiger partial charge in [0, 0.05) is 36.3 Å². The lowest BCUT2D eigenvalue weighted by atomic mass is 10.2. The Morgan fingerprint density at radius 1 is 1.00 bits per heavy atom. The smallest absolute Gasteiger partial charge is 0.341 e. The summed E-state index contributed by atoms with van der Waals surface area (Å²) in [5.41, 5.74) is 0.456. The lowest BCUT2D eigenvalue weighted by molar-refractivity contribution is -0.135. The summed E-state index contributed by atoms with van der Waals surface area (Å²) in [6.07, 6.45) is 0. The van der Waals surface area contributed by atoms with E-state index in [-0.39, 0.29) is 11.6 Å². The Balaban J connectivity index is 1.45. The Bertz CT molecular complexity index is 902. The van der Waals surface area contributed by atoms with Crippen LogP contribution in [0.25, 0.3) is 0 Å². The second kappa shape index (κ2) is 9.51. The Morgan fingerprint density at radius 2 is 1.66 bits per heavy atom. The molecule has 0 aliphatic carbocycles. The number of carbonyl (C=O) groups is 3. The van der Waals surface area contributed by atoms with Crippen molar-refractivity contribution in [3.8, 4) is 0 Å². The fraction of sp³-hybridized carbons (Fsp3) is 0.250. The van der Waals surface area contributed by atoms with Crippen molar-refractivity contribution >= 4 is 39.5 Å². The van der Waals surface area contributed by atoms with Gasteiger partial charge in [-0.05, 0) is 30.3 Å². The SMILES string of the molecule is O=C(OCC(=O)N1CCN(C(=O)Nc2ccccc2)CC1)c1cc(Br)ccc1F. The molecular formula is C20H19BrFN3O4. The quantitative estimate of drug-likeness (QED) is 0.706. The Kier molecular flexibility index (Phi) is 6.82. The van der Waals surface area contributed by atoms with Gasteiger partial charge in [-0.15, -0.1) is 0 Å². The number of benzene rings is 2. The van der Waals surface area contributed by atoms with E-state index in [1.54, 1.807) is 17.0 Å². The molecule has 2 aromatic rings. The Morgan fingerprint density at radius 3 is 2.34 bits per heavy atom. The molecule has 1 aliphatic heterocycles. The van der Waals surface area contributed by atoms with Crippen LogP contribution in [0.4, 0.5) is 14.9 Å². The van der Waals surface area contributed by atoms with Gasteiger partial charge in [0.05, 0.1) is 5.56 Å². The van der Waals surface area contributed by atoms with E-state index in [0.717, 1.165) is 6.07 Å². The number of hydrogen-bond acceptors (Lipinski definition) is 4. The molecule has 2 aromatic carbocycles. The number of rotatable bonds is 4. The summed E-state index contributed by atoms with van der Waals surface area (Å²) in [7, 11) is 0.